The Morgan fingerprint density at radius 3 is 2.81 bits per heavy atom. The van der Waals surface area contributed by atoms with E-state index in [1.807, 2.05) is 18.2 Å². The molecule has 0 saturated heterocycles. The summed E-state index contributed by atoms with van der Waals surface area (Å²) in [6.07, 6.45) is 0. The lowest BCUT2D eigenvalue weighted by atomic mass is 10.2. The second-order valence-electron chi connectivity index (χ2n) is 4.23. The van der Waals surface area contributed by atoms with E-state index in [4.69, 9.17) is 43.3 Å². The fourth-order valence-corrected chi connectivity index (χ4v) is 2.30. The third-order valence-electron chi connectivity index (χ3n) is 2.85. The van der Waals surface area contributed by atoms with Crippen molar-refractivity contribution in [1.29, 1.82) is 0 Å². The topological polar surface area (TPSA) is 78.6 Å². The van der Waals surface area contributed by atoms with Crippen LogP contribution in [0.2, 0.25) is 10.0 Å². The molecule has 6 nitrogen and oxygen atoms in total. The molecule has 8 heteroatoms. The van der Waals surface area contributed by atoms with Crippen LogP contribution in [0.4, 0.5) is 5.82 Å². The number of halogens is 2. The van der Waals surface area contributed by atoms with Gasteiger partial charge in [0.1, 0.15) is 11.6 Å². The summed E-state index contributed by atoms with van der Waals surface area (Å²) in [4.78, 5) is 4.10. The first-order valence-electron chi connectivity index (χ1n) is 6.01. The van der Waals surface area contributed by atoms with E-state index in [1.54, 1.807) is 0 Å². The maximum absolute atomic E-state index is 6.03. The molecule has 1 aliphatic rings. The molecule has 0 saturated carbocycles. The standard InChI is InChI=1S/C13H11Cl2N3O3/c14-8-4-9(15)13(17-12(8)18-16)19-5-7-1-2-10-11(3-7)21-6-20-10/h1-4H,5-6,16H2,(H,17,18). The third-order valence-corrected chi connectivity index (χ3v) is 3.41. The van der Waals surface area contributed by atoms with Gasteiger partial charge in [0.2, 0.25) is 12.7 Å². The molecule has 1 aliphatic heterocycles. The smallest absolute Gasteiger partial charge is 0.235 e. The molecule has 110 valence electrons. The number of hydrazine groups is 1. The summed E-state index contributed by atoms with van der Waals surface area (Å²) in [5.74, 6) is 7.26. The van der Waals surface area contributed by atoms with Gasteiger partial charge in [-0.2, -0.15) is 4.98 Å². The number of anilines is 1. The number of nitrogens with one attached hydrogen (secondary N) is 1. The second-order valence-corrected chi connectivity index (χ2v) is 5.04. The summed E-state index contributed by atoms with van der Waals surface area (Å²) < 4.78 is 16.1. The lowest BCUT2D eigenvalue weighted by Crippen LogP contribution is -2.10. The van der Waals surface area contributed by atoms with Crippen molar-refractivity contribution in [2.75, 3.05) is 12.2 Å². The first-order valence-corrected chi connectivity index (χ1v) is 6.77. The molecule has 0 spiro atoms. The van der Waals surface area contributed by atoms with E-state index in [2.05, 4.69) is 10.4 Å². The van der Waals surface area contributed by atoms with E-state index in [0.717, 1.165) is 11.3 Å². The van der Waals surface area contributed by atoms with Crippen LogP contribution >= 0.6 is 23.2 Å². The molecule has 0 unspecified atom stereocenters. The van der Waals surface area contributed by atoms with Crippen LogP contribution in [0.1, 0.15) is 5.56 Å². The number of hydrogen-bond acceptors (Lipinski definition) is 6. The van der Waals surface area contributed by atoms with Crippen molar-refractivity contribution >= 4 is 29.0 Å². The number of pyridine rings is 1. The molecule has 3 rings (SSSR count). The maximum Gasteiger partial charge on any atom is 0.235 e. The Kier molecular flexibility index (Phi) is 3.92. The van der Waals surface area contributed by atoms with Gasteiger partial charge in [-0.15, -0.1) is 0 Å². The van der Waals surface area contributed by atoms with Gasteiger partial charge in [0, 0.05) is 0 Å². The molecule has 1 aromatic heterocycles. The minimum Gasteiger partial charge on any atom is -0.472 e. The normalized spacial score (nSPS) is 12.3. The number of benzene rings is 1. The summed E-state index contributed by atoms with van der Waals surface area (Å²) in [6, 6.07) is 7.05. The SMILES string of the molecule is NNc1nc(OCc2ccc3c(c2)OCO3)c(Cl)cc1Cl. The van der Waals surface area contributed by atoms with Crippen LogP contribution in [-0.4, -0.2) is 11.8 Å². The van der Waals surface area contributed by atoms with Crippen LogP contribution in [0.25, 0.3) is 0 Å². The molecule has 0 amide bonds. The Labute approximate surface area is 130 Å². The summed E-state index contributed by atoms with van der Waals surface area (Å²) in [7, 11) is 0. The van der Waals surface area contributed by atoms with Gasteiger partial charge >= 0.3 is 0 Å². The minimum absolute atomic E-state index is 0.232. The van der Waals surface area contributed by atoms with Crippen LogP contribution in [0.5, 0.6) is 17.4 Å². The van der Waals surface area contributed by atoms with Gasteiger partial charge in [-0.3, -0.25) is 0 Å². The van der Waals surface area contributed by atoms with Crippen LogP contribution < -0.4 is 25.5 Å². The monoisotopic (exact) mass is 327 g/mol. The van der Waals surface area contributed by atoms with Crippen molar-refractivity contribution in [2.45, 2.75) is 6.61 Å². The van der Waals surface area contributed by atoms with Gasteiger partial charge in [-0.05, 0) is 23.8 Å². The molecule has 1 aromatic carbocycles. The van der Waals surface area contributed by atoms with Gasteiger partial charge in [-0.25, -0.2) is 5.84 Å². The van der Waals surface area contributed by atoms with Crippen molar-refractivity contribution in [2.24, 2.45) is 5.84 Å². The number of rotatable bonds is 4. The third kappa shape index (κ3) is 2.92. The number of aromatic nitrogens is 1. The Balaban J connectivity index is 1.75. The average Bonchev–Trinajstić information content (AvgIpc) is 2.94. The molecule has 2 heterocycles. The van der Waals surface area contributed by atoms with Crippen LogP contribution in [0, 0.1) is 0 Å². The van der Waals surface area contributed by atoms with Crippen molar-refractivity contribution < 1.29 is 14.2 Å². The summed E-state index contributed by atoms with van der Waals surface area (Å²) in [5.41, 5.74) is 3.27. The quantitative estimate of drug-likeness (QED) is 0.664. The van der Waals surface area contributed by atoms with E-state index < -0.39 is 0 Å². The number of nitrogen functional groups attached to an aromatic ring is 1. The molecular formula is C13H11Cl2N3O3. The highest BCUT2D eigenvalue weighted by Gasteiger charge is 2.14. The molecular weight excluding hydrogens is 317 g/mol. The van der Waals surface area contributed by atoms with Gasteiger partial charge < -0.3 is 19.6 Å². The van der Waals surface area contributed by atoms with Crippen LogP contribution in [-0.2, 0) is 6.61 Å². The Morgan fingerprint density at radius 1 is 1.19 bits per heavy atom. The van der Waals surface area contributed by atoms with Crippen LogP contribution in [0.15, 0.2) is 24.3 Å². The molecule has 0 aliphatic carbocycles. The van der Waals surface area contributed by atoms with E-state index in [9.17, 15) is 0 Å². The molecule has 0 radical (unpaired) electrons. The lowest BCUT2D eigenvalue weighted by Gasteiger charge is -2.10. The first kappa shape index (κ1) is 14.1. The van der Waals surface area contributed by atoms with Crippen molar-refractivity contribution in [3.05, 3.63) is 39.9 Å². The highest BCUT2D eigenvalue weighted by molar-refractivity contribution is 6.36. The number of hydrogen-bond donors (Lipinski definition) is 2. The summed E-state index contributed by atoms with van der Waals surface area (Å²) in [5, 5.41) is 0.623. The van der Waals surface area contributed by atoms with Crippen LogP contribution in [0.3, 0.4) is 0 Å². The molecule has 0 bridgehead atoms. The zero-order chi connectivity index (χ0) is 14.8. The molecule has 0 fully saturated rings. The fraction of sp³-hybridized carbons (Fsp3) is 0.154. The summed E-state index contributed by atoms with van der Waals surface area (Å²) in [6.45, 7) is 0.505. The average molecular weight is 328 g/mol. The number of nitrogens with two attached hydrogens (primary N) is 1. The van der Waals surface area contributed by atoms with E-state index in [0.29, 0.717) is 21.6 Å². The second kappa shape index (κ2) is 5.85. The molecule has 2 aromatic rings. The Bertz CT molecular complexity index is 682. The maximum atomic E-state index is 6.03. The Morgan fingerprint density at radius 2 is 2.00 bits per heavy atom. The van der Waals surface area contributed by atoms with Gasteiger partial charge in [-0.1, -0.05) is 29.3 Å². The van der Waals surface area contributed by atoms with E-state index in [1.165, 1.54) is 6.07 Å². The molecule has 21 heavy (non-hydrogen) atoms. The molecule has 0 atom stereocenters. The lowest BCUT2D eigenvalue weighted by molar-refractivity contribution is 0.174. The number of nitrogens with zero attached hydrogens (tertiary/aromatic N) is 1. The zero-order valence-corrected chi connectivity index (χ0v) is 12.2. The highest BCUT2D eigenvalue weighted by atomic mass is 35.5. The Hall–Kier alpha value is -1.89. The highest BCUT2D eigenvalue weighted by Crippen LogP contribution is 2.34. The van der Waals surface area contributed by atoms with Crippen molar-refractivity contribution in [3.8, 4) is 17.4 Å². The zero-order valence-electron chi connectivity index (χ0n) is 10.7. The van der Waals surface area contributed by atoms with Gasteiger partial charge in [0.05, 0.1) is 5.02 Å². The number of ether oxygens (including phenoxy) is 3. The van der Waals surface area contributed by atoms with Gasteiger partial charge in [0.15, 0.2) is 17.3 Å². The van der Waals surface area contributed by atoms with Crippen molar-refractivity contribution in [1.82, 2.24) is 4.98 Å². The van der Waals surface area contributed by atoms with E-state index >= 15 is 0 Å². The molecule has 3 N–H and O–H groups in total. The predicted octanol–water partition coefficient (Wildman–Crippen LogP) is 2.98. The predicted molar refractivity (Wildman–Crippen MR) is 79.0 cm³/mol. The first-order chi connectivity index (χ1) is 10.2. The number of fused-ring (bicyclic) bond motifs is 1. The van der Waals surface area contributed by atoms with Crippen molar-refractivity contribution in [3.63, 3.8) is 0 Å². The largest absolute Gasteiger partial charge is 0.472 e. The minimum atomic E-state index is 0.232. The van der Waals surface area contributed by atoms with Gasteiger partial charge in [0.25, 0.3) is 0 Å². The van der Waals surface area contributed by atoms with E-state index in [-0.39, 0.29) is 19.3 Å². The summed E-state index contributed by atoms with van der Waals surface area (Å²) >= 11 is 11.9. The fourth-order valence-electron chi connectivity index (χ4n) is 1.83.